The predicted molar refractivity (Wildman–Crippen MR) is 298 cm³/mol. The van der Waals surface area contributed by atoms with E-state index in [1.54, 1.807) is 0 Å². The average molecular weight is 966 g/mol. The second kappa shape index (κ2) is 57.7. The van der Waals surface area contributed by atoms with Gasteiger partial charge in [-0.15, -0.1) is 0 Å². The van der Waals surface area contributed by atoms with Gasteiger partial charge in [-0.1, -0.05) is 255 Å². The van der Waals surface area contributed by atoms with Crippen molar-refractivity contribution in [2.45, 2.75) is 309 Å². The van der Waals surface area contributed by atoms with E-state index >= 15 is 0 Å². The molecule has 0 saturated heterocycles. The van der Waals surface area contributed by atoms with E-state index in [0.29, 0.717) is 19.3 Å². The van der Waals surface area contributed by atoms with Crippen LogP contribution < -0.4 is 0 Å². The summed E-state index contributed by atoms with van der Waals surface area (Å²) >= 11 is 0. The normalized spacial score (nSPS) is 12.4. The van der Waals surface area contributed by atoms with Gasteiger partial charge in [0.1, 0.15) is 13.2 Å². The monoisotopic (exact) mass is 965 g/mol. The molecule has 0 N–H and O–H groups in total. The molecule has 0 aliphatic rings. The van der Waals surface area contributed by atoms with Crippen LogP contribution in [0.5, 0.6) is 0 Å². The van der Waals surface area contributed by atoms with Crippen LogP contribution in [-0.2, 0) is 28.6 Å². The third kappa shape index (κ3) is 55.9. The Labute approximate surface area is 428 Å². The van der Waals surface area contributed by atoms with Gasteiger partial charge < -0.3 is 14.2 Å². The fourth-order valence-electron chi connectivity index (χ4n) is 8.48. The van der Waals surface area contributed by atoms with Crippen LogP contribution in [0.15, 0.2) is 60.8 Å². The van der Waals surface area contributed by atoms with Crippen molar-refractivity contribution in [2.75, 3.05) is 13.2 Å². The maximum atomic E-state index is 12.9. The van der Waals surface area contributed by atoms with Crippen LogP contribution in [-0.4, -0.2) is 37.2 Å². The molecule has 1 atom stereocenters. The molecule has 69 heavy (non-hydrogen) atoms. The van der Waals surface area contributed by atoms with E-state index in [-0.39, 0.29) is 31.1 Å². The maximum Gasteiger partial charge on any atom is 0.306 e. The lowest BCUT2D eigenvalue weighted by Crippen LogP contribution is -2.30. The van der Waals surface area contributed by atoms with Crippen molar-refractivity contribution in [3.05, 3.63) is 60.8 Å². The second-order valence-electron chi connectivity index (χ2n) is 19.9. The van der Waals surface area contributed by atoms with Crippen molar-refractivity contribution >= 4 is 17.9 Å². The standard InChI is InChI=1S/C63H112O6/c1-4-7-10-13-16-19-22-25-28-30-31-33-36-39-42-45-48-51-54-57-63(66)69-60(58-67-61(64)55-52-49-46-43-40-37-34-27-24-21-18-15-12-9-6-3)59-68-62(65)56-53-50-47-44-41-38-35-32-29-26-23-20-17-14-11-8-5-2/h16,19,21,24-25,28,31,33,39,42,60H,4-15,17-18,20,22-23,26-27,29-30,32,34-38,40-41,43-59H2,1-3H3/b19-16-,24-21-,28-25-,33-31-,42-39-/t60-/m1/s1. The molecule has 0 radical (unpaired) electrons. The summed E-state index contributed by atoms with van der Waals surface area (Å²) in [5.41, 5.74) is 0. The molecule has 0 aliphatic heterocycles. The van der Waals surface area contributed by atoms with Gasteiger partial charge in [0, 0.05) is 19.3 Å². The lowest BCUT2D eigenvalue weighted by molar-refractivity contribution is -0.167. The van der Waals surface area contributed by atoms with Crippen molar-refractivity contribution in [2.24, 2.45) is 0 Å². The Morgan fingerprint density at radius 3 is 0.884 bits per heavy atom. The van der Waals surface area contributed by atoms with Crippen LogP contribution in [0, 0.1) is 0 Å². The molecule has 0 spiro atoms. The molecular formula is C63H112O6. The summed E-state index contributed by atoms with van der Waals surface area (Å²) < 4.78 is 16.9. The predicted octanol–water partition coefficient (Wildman–Crippen LogP) is 20.0. The van der Waals surface area contributed by atoms with Crippen molar-refractivity contribution in [3.8, 4) is 0 Å². The van der Waals surface area contributed by atoms with Crippen LogP contribution in [0.4, 0.5) is 0 Å². The number of unbranched alkanes of at least 4 members (excludes halogenated alkanes) is 33. The van der Waals surface area contributed by atoms with E-state index < -0.39 is 6.10 Å². The number of esters is 3. The van der Waals surface area contributed by atoms with Crippen molar-refractivity contribution in [3.63, 3.8) is 0 Å². The fraction of sp³-hybridized carbons (Fsp3) is 0.794. The smallest absolute Gasteiger partial charge is 0.306 e. The highest BCUT2D eigenvalue weighted by Crippen LogP contribution is 2.16. The summed E-state index contributed by atoms with van der Waals surface area (Å²) in [6.07, 6.45) is 72.1. The Morgan fingerprint density at radius 2 is 0.522 bits per heavy atom. The summed E-state index contributed by atoms with van der Waals surface area (Å²) in [6, 6.07) is 0. The van der Waals surface area contributed by atoms with Crippen LogP contribution in [0.1, 0.15) is 303 Å². The number of hydrogen-bond donors (Lipinski definition) is 0. The summed E-state index contributed by atoms with van der Waals surface area (Å²) in [7, 11) is 0. The van der Waals surface area contributed by atoms with E-state index in [9.17, 15) is 14.4 Å². The number of ether oxygens (including phenoxy) is 3. The summed E-state index contributed by atoms with van der Waals surface area (Å²) in [6.45, 7) is 6.60. The highest BCUT2D eigenvalue weighted by Gasteiger charge is 2.19. The fourth-order valence-corrected chi connectivity index (χ4v) is 8.48. The van der Waals surface area contributed by atoms with E-state index in [2.05, 4.69) is 81.5 Å². The Kier molecular flexibility index (Phi) is 55.3. The molecule has 0 heterocycles. The van der Waals surface area contributed by atoms with Crippen LogP contribution >= 0.6 is 0 Å². The van der Waals surface area contributed by atoms with E-state index in [1.807, 2.05) is 0 Å². The first-order valence-corrected chi connectivity index (χ1v) is 29.8. The van der Waals surface area contributed by atoms with E-state index in [1.165, 1.54) is 180 Å². The van der Waals surface area contributed by atoms with Crippen molar-refractivity contribution < 1.29 is 28.6 Å². The first-order chi connectivity index (χ1) is 34.0. The van der Waals surface area contributed by atoms with Gasteiger partial charge >= 0.3 is 17.9 Å². The first kappa shape index (κ1) is 66.1. The Balaban J connectivity index is 4.42. The third-order valence-electron chi connectivity index (χ3n) is 13.0. The van der Waals surface area contributed by atoms with Gasteiger partial charge in [-0.25, -0.2) is 0 Å². The molecule has 0 aromatic heterocycles. The molecule has 0 bridgehead atoms. The quantitative estimate of drug-likeness (QED) is 0.0262. The van der Waals surface area contributed by atoms with Crippen molar-refractivity contribution in [1.29, 1.82) is 0 Å². The van der Waals surface area contributed by atoms with E-state index in [0.717, 1.165) is 83.5 Å². The minimum atomic E-state index is -0.791. The Morgan fingerprint density at radius 1 is 0.290 bits per heavy atom. The third-order valence-corrected chi connectivity index (χ3v) is 13.0. The molecule has 0 fully saturated rings. The zero-order valence-corrected chi connectivity index (χ0v) is 45.8. The largest absolute Gasteiger partial charge is 0.462 e. The zero-order valence-electron chi connectivity index (χ0n) is 45.8. The van der Waals surface area contributed by atoms with Crippen LogP contribution in [0.2, 0.25) is 0 Å². The molecule has 400 valence electrons. The molecule has 6 nitrogen and oxygen atoms in total. The van der Waals surface area contributed by atoms with E-state index in [4.69, 9.17) is 14.2 Å². The summed E-state index contributed by atoms with van der Waals surface area (Å²) in [4.78, 5) is 38.2. The maximum absolute atomic E-state index is 12.9. The van der Waals surface area contributed by atoms with Crippen molar-refractivity contribution in [1.82, 2.24) is 0 Å². The molecule has 0 aliphatic carbocycles. The Bertz CT molecular complexity index is 1250. The molecule has 0 unspecified atom stereocenters. The van der Waals surface area contributed by atoms with Gasteiger partial charge in [-0.2, -0.15) is 0 Å². The van der Waals surface area contributed by atoms with Gasteiger partial charge in [0.25, 0.3) is 0 Å². The topological polar surface area (TPSA) is 78.9 Å². The van der Waals surface area contributed by atoms with Crippen LogP contribution in [0.25, 0.3) is 0 Å². The molecule has 0 amide bonds. The number of allylic oxidation sites excluding steroid dienone is 10. The molecule has 6 heteroatoms. The lowest BCUT2D eigenvalue weighted by Gasteiger charge is -2.18. The second-order valence-corrected chi connectivity index (χ2v) is 19.9. The van der Waals surface area contributed by atoms with Gasteiger partial charge in [0.2, 0.25) is 0 Å². The van der Waals surface area contributed by atoms with Gasteiger partial charge in [-0.05, 0) is 89.9 Å². The zero-order chi connectivity index (χ0) is 50.0. The van der Waals surface area contributed by atoms with Gasteiger partial charge in [0.15, 0.2) is 6.10 Å². The Hall–Kier alpha value is -2.89. The number of carbonyl (C=O) groups is 3. The summed E-state index contributed by atoms with van der Waals surface area (Å²) in [5.74, 6) is -0.907. The number of carbonyl (C=O) groups excluding carboxylic acids is 3. The van der Waals surface area contributed by atoms with Gasteiger partial charge in [0.05, 0.1) is 0 Å². The SMILES string of the molecule is CCCCC/C=C\C/C=C\C/C=C\C/C=C\CCCCCC(=O)O[C@H](COC(=O)CCCCCCCCC/C=C\CCCCCC)COC(=O)CCCCCCCCCCCCCCCCCCC. The van der Waals surface area contributed by atoms with Crippen LogP contribution in [0.3, 0.4) is 0 Å². The number of rotatable bonds is 54. The minimum Gasteiger partial charge on any atom is -0.462 e. The first-order valence-electron chi connectivity index (χ1n) is 29.8. The molecule has 0 aromatic rings. The highest BCUT2D eigenvalue weighted by molar-refractivity contribution is 5.71. The average Bonchev–Trinajstić information content (AvgIpc) is 3.35. The lowest BCUT2D eigenvalue weighted by atomic mass is 10.0. The van der Waals surface area contributed by atoms with Gasteiger partial charge in [-0.3, -0.25) is 14.4 Å². The summed E-state index contributed by atoms with van der Waals surface area (Å²) in [5, 5.41) is 0. The molecule has 0 rings (SSSR count). The molecule has 0 aromatic carbocycles. The number of hydrogen-bond acceptors (Lipinski definition) is 6. The minimum absolute atomic E-state index is 0.0857. The molecule has 0 saturated carbocycles. The molecular weight excluding hydrogens is 853 g/mol. The highest BCUT2D eigenvalue weighted by atomic mass is 16.6.